The molecule has 7 nitrogen and oxygen atoms in total. The van der Waals surface area contributed by atoms with Gasteiger partial charge in [0.15, 0.2) is 0 Å². The fraction of sp³-hybridized carbons (Fsp3) is 0.474. The topological polar surface area (TPSA) is 97.1 Å². The molecule has 1 amide bonds. The number of aliphatic carboxylic acids is 1. The van der Waals surface area contributed by atoms with Crippen LogP contribution in [0.2, 0.25) is 0 Å². The zero-order chi connectivity index (χ0) is 20.4. The van der Waals surface area contributed by atoms with Crippen LogP contribution in [0.5, 0.6) is 0 Å². The summed E-state index contributed by atoms with van der Waals surface area (Å²) in [5.74, 6) is -1.74. The number of nitrogens with zero attached hydrogens (tertiary/aromatic N) is 3. The summed E-state index contributed by atoms with van der Waals surface area (Å²) in [4.78, 5) is 28.2. The highest BCUT2D eigenvalue weighted by atomic mass is 19.1. The predicted octanol–water partition coefficient (Wildman–Crippen LogP) is 3.15. The third-order valence-electron chi connectivity index (χ3n) is 4.60. The zero-order valence-corrected chi connectivity index (χ0v) is 16.2. The van der Waals surface area contributed by atoms with Crippen LogP contribution in [-0.4, -0.2) is 37.3 Å². The Balaban J connectivity index is 2.40. The van der Waals surface area contributed by atoms with Crippen molar-refractivity contribution in [1.29, 1.82) is 0 Å². The zero-order valence-electron chi connectivity index (χ0n) is 16.2. The number of benzene rings is 1. The number of aromatic nitrogens is 3. The first-order valence-corrected chi connectivity index (χ1v) is 8.80. The maximum Gasteiger partial charge on any atom is 0.305 e. The molecule has 146 valence electrons. The van der Waals surface area contributed by atoms with E-state index in [0.29, 0.717) is 11.5 Å². The van der Waals surface area contributed by atoms with Gasteiger partial charge in [-0.3, -0.25) is 9.59 Å². The molecule has 0 spiro atoms. The first kappa shape index (κ1) is 20.5. The van der Waals surface area contributed by atoms with Crippen LogP contribution < -0.4 is 5.32 Å². The van der Waals surface area contributed by atoms with E-state index in [1.165, 1.54) is 16.8 Å². The van der Waals surface area contributed by atoms with Gasteiger partial charge in [-0.2, -0.15) is 0 Å². The molecule has 1 heterocycles. The summed E-state index contributed by atoms with van der Waals surface area (Å²) in [6.07, 6.45) is -0.224. The van der Waals surface area contributed by atoms with Crippen molar-refractivity contribution in [3.05, 3.63) is 41.7 Å². The van der Waals surface area contributed by atoms with Gasteiger partial charge in [-0.1, -0.05) is 33.8 Å². The Hall–Kier alpha value is -2.77. The third kappa shape index (κ3) is 4.69. The molecule has 1 atom stereocenters. The normalized spacial score (nSPS) is 13.6. The fourth-order valence-electron chi connectivity index (χ4n) is 2.61. The summed E-state index contributed by atoms with van der Waals surface area (Å²) in [6.45, 7) is 9.13. The van der Waals surface area contributed by atoms with Crippen LogP contribution in [0.4, 0.5) is 4.39 Å². The molecule has 0 saturated carbocycles. The molecule has 0 fully saturated rings. The van der Waals surface area contributed by atoms with E-state index in [4.69, 9.17) is 5.11 Å². The Kier molecular flexibility index (Phi) is 5.98. The van der Waals surface area contributed by atoms with E-state index in [9.17, 15) is 14.0 Å². The molecule has 0 saturated heterocycles. The maximum absolute atomic E-state index is 13.6. The van der Waals surface area contributed by atoms with Gasteiger partial charge in [0.1, 0.15) is 11.6 Å². The number of carboxylic acids is 1. The van der Waals surface area contributed by atoms with E-state index in [1.807, 2.05) is 27.7 Å². The Morgan fingerprint density at radius 3 is 2.48 bits per heavy atom. The van der Waals surface area contributed by atoms with Crippen molar-refractivity contribution in [1.82, 2.24) is 20.1 Å². The van der Waals surface area contributed by atoms with E-state index >= 15 is 0 Å². The maximum atomic E-state index is 13.6. The standard InChI is InChI=1S/C19H25FN4O3/c1-11(2)17-21-16(23-24(17)14-8-6-7-13(20)9-14)18(27)22-19(5,12(3)4)10-15(25)26/h6-9,11-12H,10H2,1-5H3,(H,22,27)(H,25,26). The van der Waals surface area contributed by atoms with Crippen LogP contribution in [0.25, 0.3) is 5.69 Å². The Morgan fingerprint density at radius 1 is 1.30 bits per heavy atom. The van der Waals surface area contributed by atoms with Crippen LogP contribution >= 0.6 is 0 Å². The van der Waals surface area contributed by atoms with E-state index in [2.05, 4.69) is 15.4 Å². The average molecular weight is 376 g/mol. The van der Waals surface area contributed by atoms with Crippen molar-refractivity contribution in [2.24, 2.45) is 5.92 Å². The molecular weight excluding hydrogens is 351 g/mol. The van der Waals surface area contributed by atoms with Crippen LogP contribution in [-0.2, 0) is 4.79 Å². The van der Waals surface area contributed by atoms with Crippen molar-refractivity contribution in [3.63, 3.8) is 0 Å². The molecule has 2 N–H and O–H groups in total. The number of carbonyl (C=O) groups excluding carboxylic acids is 1. The van der Waals surface area contributed by atoms with Gasteiger partial charge in [-0.15, -0.1) is 5.10 Å². The number of nitrogens with one attached hydrogen (secondary N) is 1. The molecule has 2 aromatic rings. The average Bonchev–Trinajstić information content (AvgIpc) is 2.99. The van der Waals surface area contributed by atoms with Crippen LogP contribution in [0.15, 0.2) is 24.3 Å². The number of rotatable bonds is 7. The SMILES string of the molecule is CC(C)c1nc(C(=O)NC(C)(CC(=O)O)C(C)C)nn1-c1cccc(F)c1. The first-order valence-electron chi connectivity index (χ1n) is 8.80. The van der Waals surface area contributed by atoms with Crippen molar-refractivity contribution in [2.45, 2.75) is 52.5 Å². The van der Waals surface area contributed by atoms with Crippen molar-refractivity contribution in [2.75, 3.05) is 0 Å². The molecule has 0 bridgehead atoms. The molecule has 0 aliphatic rings. The van der Waals surface area contributed by atoms with Crippen molar-refractivity contribution < 1.29 is 19.1 Å². The minimum absolute atomic E-state index is 0.0576. The summed E-state index contributed by atoms with van der Waals surface area (Å²) in [5, 5.41) is 16.2. The highest BCUT2D eigenvalue weighted by Crippen LogP contribution is 2.22. The van der Waals surface area contributed by atoms with Gasteiger partial charge in [-0.25, -0.2) is 14.1 Å². The van der Waals surface area contributed by atoms with Gasteiger partial charge < -0.3 is 10.4 Å². The van der Waals surface area contributed by atoms with E-state index in [0.717, 1.165) is 0 Å². The van der Waals surface area contributed by atoms with Gasteiger partial charge >= 0.3 is 5.97 Å². The van der Waals surface area contributed by atoms with Gasteiger partial charge in [0.05, 0.1) is 17.6 Å². The lowest BCUT2D eigenvalue weighted by Crippen LogP contribution is -2.51. The lowest BCUT2D eigenvalue weighted by atomic mass is 9.85. The summed E-state index contributed by atoms with van der Waals surface area (Å²) in [6, 6.07) is 5.86. The van der Waals surface area contributed by atoms with Gasteiger partial charge in [0.2, 0.25) is 5.82 Å². The highest BCUT2D eigenvalue weighted by Gasteiger charge is 2.34. The number of hydrogen-bond acceptors (Lipinski definition) is 4. The molecule has 27 heavy (non-hydrogen) atoms. The molecule has 0 aliphatic carbocycles. The second-order valence-corrected chi connectivity index (χ2v) is 7.44. The lowest BCUT2D eigenvalue weighted by molar-refractivity contribution is -0.138. The Morgan fingerprint density at radius 2 is 1.96 bits per heavy atom. The van der Waals surface area contributed by atoms with E-state index < -0.39 is 23.2 Å². The molecular formula is C19H25FN4O3. The number of amides is 1. The Bertz CT molecular complexity index is 847. The predicted molar refractivity (Wildman–Crippen MR) is 98.4 cm³/mol. The largest absolute Gasteiger partial charge is 0.481 e. The van der Waals surface area contributed by atoms with Gasteiger partial charge in [-0.05, 0) is 31.0 Å². The molecule has 0 radical (unpaired) electrons. The molecule has 1 aromatic heterocycles. The minimum Gasteiger partial charge on any atom is -0.481 e. The molecule has 1 aromatic carbocycles. The Labute approximate surface area is 157 Å². The second-order valence-electron chi connectivity index (χ2n) is 7.44. The smallest absolute Gasteiger partial charge is 0.305 e. The fourth-order valence-corrected chi connectivity index (χ4v) is 2.61. The first-order chi connectivity index (χ1) is 12.5. The number of hydrogen-bond donors (Lipinski definition) is 2. The summed E-state index contributed by atoms with van der Waals surface area (Å²) in [5.41, 5.74) is -0.493. The minimum atomic E-state index is -1.01. The van der Waals surface area contributed by atoms with E-state index in [1.54, 1.807) is 19.1 Å². The monoisotopic (exact) mass is 376 g/mol. The highest BCUT2D eigenvalue weighted by molar-refractivity contribution is 5.91. The lowest BCUT2D eigenvalue weighted by Gasteiger charge is -2.32. The number of carboxylic acid groups (broad SMARTS) is 1. The van der Waals surface area contributed by atoms with Gasteiger partial charge in [0.25, 0.3) is 5.91 Å². The second kappa shape index (κ2) is 7.85. The van der Waals surface area contributed by atoms with Crippen molar-refractivity contribution >= 4 is 11.9 Å². The van der Waals surface area contributed by atoms with Crippen LogP contribution in [0.1, 0.15) is 63.4 Å². The summed E-state index contributed by atoms with van der Waals surface area (Å²) >= 11 is 0. The molecule has 8 heteroatoms. The van der Waals surface area contributed by atoms with Crippen LogP contribution in [0, 0.1) is 11.7 Å². The third-order valence-corrected chi connectivity index (χ3v) is 4.60. The van der Waals surface area contributed by atoms with Gasteiger partial charge in [0, 0.05) is 5.92 Å². The summed E-state index contributed by atoms with van der Waals surface area (Å²) in [7, 11) is 0. The van der Waals surface area contributed by atoms with Crippen molar-refractivity contribution in [3.8, 4) is 5.69 Å². The molecule has 2 rings (SSSR count). The molecule has 0 aliphatic heterocycles. The quantitative estimate of drug-likeness (QED) is 0.774. The summed E-state index contributed by atoms with van der Waals surface area (Å²) < 4.78 is 15.0. The van der Waals surface area contributed by atoms with E-state index in [-0.39, 0.29) is 24.1 Å². The number of halogens is 1. The number of carbonyl (C=O) groups is 2. The van der Waals surface area contributed by atoms with Crippen LogP contribution in [0.3, 0.4) is 0 Å². The molecule has 1 unspecified atom stereocenters.